The van der Waals surface area contributed by atoms with E-state index >= 15 is 0 Å². The predicted octanol–water partition coefficient (Wildman–Crippen LogP) is 1.64. The van der Waals surface area contributed by atoms with Gasteiger partial charge < -0.3 is 10.2 Å². The summed E-state index contributed by atoms with van der Waals surface area (Å²) in [5, 5.41) is 2.86. The molecule has 1 rings (SSSR count). The van der Waals surface area contributed by atoms with Gasteiger partial charge >= 0.3 is 0 Å². The lowest BCUT2D eigenvalue weighted by Crippen LogP contribution is -2.70. The molecule has 104 valence electrons. The summed E-state index contributed by atoms with van der Waals surface area (Å²) in [4.78, 5) is 26.4. The van der Waals surface area contributed by atoms with E-state index in [-0.39, 0.29) is 23.9 Å². The van der Waals surface area contributed by atoms with Crippen molar-refractivity contribution >= 4 is 23.6 Å². The number of thioether (sulfide) groups is 1. The van der Waals surface area contributed by atoms with Crippen LogP contribution in [0.4, 0.5) is 0 Å². The molecule has 3 unspecified atom stereocenters. The van der Waals surface area contributed by atoms with E-state index in [1.165, 1.54) is 0 Å². The molecule has 4 nitrogen and oxygen atoms in total. The van der Waals surface area contributed by atoms with Crippen molar-refractivity contribution in [3.63, 3.8) is 0 Å². The van der Waals surface area contributed by atoms with E-state index in [0.717, 1.165) is 12.2 Å². The highest BCUT2D eigenvalue weighted by molar-refractivity contribution is 7.98. The van der Waals surface area contributed by atoms with Crippen molar-refractivity contribution in [1.82, 2.24) is 10.2 Å². The highest BCUT2D eigenvalue weighted by atomic mass is 32.2. The number of carbonyl (C=O) groups excluding carboxylic acids is 2. The molecule has 0 aromatic carbocycles. The van der Waals surface area contributed by atoms with Crippen LogP contribution in [-0.2, 0) is 9.59 Å². The first kappa shape index (κ1) is 15.3. The Morgan fingerprint density at radius 1 is 1.44 bits per heavy atom. The molecule has 3 atom stereocenters. The van der Waals surface area contributed by atoms with Gasteiger partial charge in [-0.1, -0.05) is 13.8 Å². The Morgan fingerprint density at radius 3 is 2.50 bits per heavy atom. The number of nitrogens with zero attached hydrogens (tertiary/aromatic N) is 1. The third-order valence-electron chi connectivity index (χ3n) is 3.83. The lowest BCUT2D eigenvalue weighted by atomic mass is 9.91. The highest BCUT2D eigenvalue weighted by Gasteiger charge is 2.47. The average Bonchev–Trinajstić information content (AvgIpc) is 2.35. The van der Waals surface area contributed by atoms with E-state index in [1.54, 1.807) is 16.7 Å². The van der Waals surface area contributed by atoms with Gasteiger partial charge in [0.2, 0.25) is 11.8 Å². The molecule has 0 bridgehead atoms. The average molecular weight is 272 g/mol. The van der Waals surface area contributed by atoms with E-state index in [4.69, 9.17) is 0 Å². The van der Waals surface area contributed by atoms with Crippen LogP contribution in [0.5, 0.6) is 0 Å². The summed E-state index contributed by atoms with van der Waals surface area (Å²) >= 11 is 1.72. The molecule has 1 saturated heterocycles. The van der Waals surface area contributed by atoms with E-state index in [1.807, 2.05) is 27.0 Å². The predicted molar refractivity (Wildman–Crippen MR) is 75.6 cm³/mol. The summed E-state index contributed by atoms with van der Waals surface area (Å²) < 4.78 is 0. The Bertz CT molecular complexity index is 335. The molecule has 1 aliphatic rings. The third kappa shape index (κ3) is 2.66. The first-order valence-corrected chi connectivity index (χ1v) is 7.94. The molecular weight excluding hydrogens is 248 g/mol. The number of nitrogens with one attached hydrogen (secondary N) is 1. The fourth-order valence-electron chi connectivity index (χ4n) is 2.33. The van der Waals surface area contributed by atoms with Gasteiger partial charge in [0, 0.05) is 11.8 Å². The van der Waals surface area contributed by atoms with Gasteiger partial charge in [-0.3, -0.25) is 9.59 Å². The molecule has 1 fully saturated rings. The fraction of sp³-hybridized carbons (Fsp3) is 0.846. The quantitative estimate of drug-likeness (QED) is 0.828. The smallest absolute Gasteiger partial charge is 0.248 e. The molecule has 1 N–H and O–H groups in total. The minimum Gasteiger partial charge on any atom is -0.340 e. The maximum atomic E-state index is 12.6. The van der Waals surface area contributed by atoms with Crippen LogP contribution in [0.15, 0.2) is 0 Å². The van der Waals surface area contributed by atoms with Crippen molar-refractivity contribution in [3.05, 3.63) is 0 Å². The second-order valence-corrected chi connectivity index (χ2v) is 5.99. The molecule has 0 spiro atoms. The van der Waals surface area contributed by atoms with Crippen LogP contribution in [0.2, 0.25) is 0 Å². The van der Waals surface area contributed by atoms with Crippen LogP contribution in [0.3, 0.4) is 0 Å². The van der Waals surface area contributed by atoms with Gasteiger partial charge in [0.1, 0.15) is 11.6 Å². The highest BCUT2D eigenvalue weighted by Crippen LogP contribution is 2.25. The number of hydrogen-bond acceptors (Lipinski definition) is 3. The molecule has 0 aromatic rings. The maximum Gasteiger partial charge on any atom is 0.248 e. The van der Waals surface area contributed by atoms with Gasteiger partial charge in [-0.25, -0.2) is 0 Å². The topological polar surface area (TPSA) is 49.4 Å². The summed E-state index contributed by atoms with van der Waals surface area (Å²) in [5.74, 6) is 0.885. The van der Waals surface area contributed by atoms with Crippen molar-refractivity contribution < 1.29 is 9.59 Å². The first-order chi connectivity index (χ1) is 8.41. The van der Waals surface area contributed by atoms with Crippen LogP contribution in [-0.4, -0.2) is 46.3 Å². The summed E-state index contributed by atoms with van der Waals surface area (Å²) in [6.45, 7) is 7.63. The summed E-state index contributed by atoms with van der Waals surface area (Å²) in [6.07, 6.45) is 3.53. The van der Waals surface area contributed by atoms with E-state index < -0.39 is 5.54 Å². The lowest BCUT2D eigenvalue weighted by Gasteiger charge is -2.46. The fourth-order valence-corrected chi connectivity index (χ4v) is 3.11. The zero-order chi connectivity index (χ0) is 13.9. The number of piperazine rings is 1. The molecule has 1 heterocycles. The largest absolute Gasteiger partial charge is 0.340 e. The van der Waals surface area contributed by atoms with E-state index in [9.17, 15) is 9.59 Å². The molecule has 0 aliphatic carbocycles. The Labute approximate surface area is 114 Å². The van der Waals surface area contributed by atoms with Crippen LogP contribution in [0.25, 0.3) is 0 Å². The van der Waals surface area contributed by atoms with Crippen molar-refractivity contribution in [3.8, 4) is 0 Å². The van der Waals surface area contributed by atoms with Gasteiger partial charge in [-0.05, 0) is 32.9 Å². The monoisotopic (exact) mass is 272 g/mol. The Kier molecular flexibility index (Phi) is 5.08. The van der Waals surface area contributed by atoms with Gasteiger partial charge in [0.05, 0.1) is 0 Å². The third-order valence-corrected chi connectivity index (χ3v) is 4.55. The van der Waals surface area contributed by atoms with Gasteiger partial charge in [0.25, 0.3) is 0 Å². The van der Waals surface area contributed by atoms with E-state index in [2.05, 4.69) is 12.2 Å². The zero-order valence-corrected chi connectivity index (χ0v) is 12.8. The molecule has 0 radical (unpaired) electrons. The van der Waals surface area contributed by atoms with Crippen LogP contribution in [0.1, 0.15) is 40.5 Å². The summed E-state index contributed by atoms with van der Waals surface area (Å²) in [5.41, 5.74) is -0.741. The minimum atomic E-state index is -0.741. The summed E-state index contributed by atoms with van der Waals surface area (Å²) in [7, 11) is 0. The zero-order valence-electron chi connectivity index (χ0n) is 11.9. The molecule has 5 heteroatoms. The lowest BCUT2D eigenvalue weighted by molar-refractivity contribution is -0.156. The van der Waals surface area contributed by atoms with E-state index in [0.29, 0.717) is 6.42 Å². The molecular formula is C13H24N2O2S. The Balaban J connectivity index is 3.05. The molecule has 1 aliphatic heterocycles. The maximum absolute atomic E-state index is 12.6. The number of rotatable bonds is 5. The second kappa shape index (κ2) is 5.95. The molecule has 2 amide bonds. The van der Waals surface area contributed by atoms with Crippen molar-refractivity contribution in [2.24, 2.45) is 0 Å². The molecule has 0 aromatic heterocycles. The SMILES string of the molecule is CCC(CSC)N1C(=O)C(C)(CC)NC(=O)C1C. The number of carbonyl (C=O) groups is 2. The van der Waals surface area contributed by atoms with Crippen molar-refractivity contribution in [1.29, 1.82) is 0 Å². The van der Waals surface area contributed by atoms with Gasteiger partial charge in [-0.2, -0.15) is 11.8 Å². The Hall–Kier alpha value is -0.710. The van der Waals surface area contributed by atoms with Crippen LogP contribution < -0.4 is 5.32 Å². The number of hydrogen-bond donors (Lipinski definition) is 1. The van der Waals surface area contributed by atoms with Gasteiger partial charge in [0.15, 0.2) is 0 Å². The molecule has 18 heavy (non-hydrogen) atoms. The van der Waals surface area contributed by atoms with Crippen LogP contribution >= 0.6 is 11.8 Å². The van der Waals surface area contributed by atoms with Crippen LogP contribution in [0, 0.1) is 0 Å². The summed E-state index contributed by atoms with van der Waals surface area (Å²) in [6, 6.07) is -0.228. The van der Waals surface area contributed by atoms with Crippen molar-refractivity contribution in [2.75, 3.05) is 12.0 Å². The minimum absolute atomic E-state index is 0.0431. The Morgan fingerprint density at radius 2 is 2.06 bits per heavy atom. The normalized spacial score (nSPS) is 30.3. The first-order valence-electron chi connectivity index (χ1n) is 6.55. The van der Waals surface area contributed by atoms with Gasteiger partial charge in [-0.15, -0.1) is 0 Å². The molecule has 0 saturated carbocycles. The second-order valence-electron chi connectivity index (χ2n) is 5.08. The standard InChI is InChI=1S/C13H24N2O2S/c1-6-10(8-18-5)15-9(3)11(16)14-13(4,7-2)12(15)17/h9-10H,6-8H2,1-5H3,(H,14,16). The number of amides is 2. The van der Waals surface area contributed by atoms with Crippen molar-refractivity contribution in [2.45, 2.75) is 58.2 Å².